The van der Waals surface area contributed by atoms with Gasteiger partial charge in [0.15, 0.2) is 0 Å². The van der Waals surface area contributed by atoms with E-state index in [1.54, 1.807) is 0 Å². The van der Waals surface area contributed by atoms with Crippen LogP contribution in [0.1, 0.15) is 251 Å². The van der Waals surface area contributed by atoms with Crippen molar-refractivity contribution in [1.82, 2.24) is 0 Å². The molecule has 0 heterocycles. The van der Waals surface area contributed by atoms with E-state index < -0.39 is 10.8 Å². The molecule has 0 N–H and O–H groups in total. The molecule has 5 nitrogen and oxygen atoms in total. The number of hydrogen-bond acceptors (Lipinski definition) is 5. The molecule has 9 rings (SSSR count). The molecule has 18 atom stereocenters. The van der Waals surface area contributed by atoms with E-state index in [2.05, 4.69) is 90.0 Å². The predicted octanol–water partition coefficient (Wildman–Crippen LogP) is 17.2. The number of fused-ring (bicyclic) bond motifs is 9. The van der Waals surface area contributed by atoms with Gasteiger partial charge in [-0.3, -0.25) is 14.4 Å². The Morgan fingerprint density at radius 3 is 1.01 bits per heavy atom. The Labute approximate surface area is 431 Å². The molecule has 0 aromatic carbocycles. The molecule has 70 heavy (non-hydrogen) atoms. The maximum absolute atomic E-state index is 14.0. The van der Waals surface area contributed by atoms with Gasteiger partial charge in [-0.25, -0.2) is 0 Å². The first-order chi connectivity index (χ1) is 32.9. The van der Waals surface area contributed by atoms with Crippen molar-refractivity contribution >= 4 is 17.7 Å². The molecule has 0 aromatic heterocycles. The fourth-order valence-corrected chi connectivity index (χ4v) is 21.2. The summed E-state index contributed by atoms with van der Waals surface area (Å²) >= 11 is 0. The minimum Gasteiger partial charge on any atom is -0.465 e. The van der Waals surface area contributed by atoms with Crippen molar-refractivity contribution in [2.24, 2.45) is 127 Å². The summed E-state index contributed by atoms with van der Waals surface area (Å²) in [6.45, 7) is 33.4. The first kappa shape index (κ1) is 54.9. The molecule has 5 heteroatoms. The lowest BCUT2D eigenvalue weighted by Crippen LogP contribution is -2.56. The van der Waals surface area contributed by atoms with Crippen molar-refractivity contribution in [3.05, 3.63) is 0 Å². The SMILES string of the molecule is CC(=O)C1(C)CCCC2(C)C3CCC(C(C)C)CC3CCC12.CC(COC(=O)C1(C)CCCC2(C)C3CCC(C(C)C)CC3CCC12)COC(=O)C1(C)CCCC2(C)C3CCC(C(C)C)CC3CCC12. The maximum atomic E-state index is 14.0. The van der Waals surface area contributed by atoms with Gasteiger partial charge < -0.3 is 9.47 Å². The molecular formula is C65H110O5. The van der Waals surface area contributed by atoms with Crippen molar-refractivity contribution in [3.63, 3.8) is 0 Å². The largest absolute Gasteiger partial charge is 0.465 e. The van der Waals surface area contributed by atoms with Crippen LogP contribution in [0.25, 0.3) is 0 Å². The van der Waals surface area contributed by atoms with Gasteiger partial charge in [0.05, 0.1) is 24.0 Å². The zero-order valence-electron chi connectivity index (χ0n) is 48.2. The van der Waals surface area contributed by atoms with E-state index in [0.717, 1.165) is 103 Å². The van der Waals surface area contributed by atoms with E-state index in [1.165, 1.54) is 122 Å². The van der Waals surface area contributed by atoms with Crippen LogP contribution in [-0.4, -0.2) is 30.9 Å². The van der Waals surface area contributed by atoms with Crippen molar-refractivity contribution in [2.75, 3.05) is 13.2 Å². The van der Waals surface area contributed by atoms with Gasteiger partial charge in [0.2, 0.25) is 0 Å². The van der Waals surface area contributed by atoms with Gasteiger partial charge in [-0.2, -0.15) is 0 Å². The molecule has 9 aliphatic rings. The smallest absolute Gasteiger partial charge is 0.312 e. The minimum absolute atomic E-state index is 0.000793. The number of ketones is 1. The summed E-state index contributed by atoms with van der Waals surface area (Å²) in [6, 6.07) is 0. The molecule has 400 valence electrons. The predicted molar refractivity (Wildman–Crippen MR) is 288 cm³/mol. The quantitative estimate of drug-likeness (QED) is 0.204. The fraction of sp³-hybridized carbons (Fsp3) is 0.954. The monoisotopic (exact) mass is 971 g/mol. The molecule has 0 saturated heterocycles. The van der Waals surface area contributed by atoms with E-state index in [0.29, 0.717) is 42.2 Å². The van der Waals surface area contributed by atoms with Gasteiger partial charge in [-0.1, -0.05) is 95.4 Å². The van der Waals surface area contributed by atoms with Crippen LogP contribution in [-0.2, 0) is 23.9 Å². The average molecular weight is 972 g/mol. The van der Waals surface area contributed by atoms with Crippen molar-refractivity contribution < 1.29 is 23.9 Å². The summed E-state index contributed by atoms with van der Waals surface area (Å²) in [5.74, 6) is 12.0. The zero-order chi connectivity index (χ0) is 50.8. The molecule has 0 spiro atoms. The minimum atomic E-state index is -0.406. The van der Waals surface area contributed by atoms with Gasteiger partial charge in [-0.05, 0) is 261 Å². The Bertz CT molecular complexity index is 1750. The second-order valence-corrected chi connectivity index (χ2v) is 30.1. The summed E-state index contributed by atoms with van der Waals surface area (Å²) in [4.78, 5) is 40.4. The molecule has 18 unspecified atom stereocenters. The Kier molecular flexibility index (Phi) is 16.4. The van der Waals surface area contributed by atoms with Gasteiger partial charge >= 0.3 is 11.9 Å². The van der Waals surface area contributed by atoms with Gasteiger partial charge in [0.25, 0.3) is 0 Å². The lowest BCUT2D eigenvalue weighted by molar-refractivity contribution is -0.184. The van der Waals surface area contributed by atoms with Crippen LogP contribution in [0.4, 0.5) is 0 Å². The summed E-state index contributed by atoms with van der Waals surface area (Å²) < 4.78 is 12.4. The van der Waals surface area contributed by atoms with Gasteiger partial charge in [0.1, 0.15) is 5.78 Å². The molecule has 9 fully saturated rings. The zero-order valence-corrected chi connectivity index (χ0v) is 48.2. The normalized spacial score (nSPS) is 47.2. The van der Waals surface area contributed by atoms with Gasteiger partial charge in [-0.15, -0.1) is 0 Å². The number of ether oxygens (including phenoxy) is 2. The molecule has 0 aromatic rings. The van der Waals surface area contributed by atoms with Gasteiger partial charge in [0, 0.05) is 11.3 Å². The van der Waals surface area contributed by atoms with E-state index in [9.17, 15) is 14.4 Å². The van der Waals surface area contributed by atoms with Crippen LogP contribution in [0.15, 0.2) is 0 Å². The standard InChI is InChI=1S/C44H74O4.C21H36O/c1-28(2)31-12-16-35-33(24-31)14-18-37-41(35,6)20-10-22-43(37,8)39(45)47-26-30(5)27-48-40(46)44(9)23-11-21-42(7)36-17-13-32(29(3)4)25-34(36)15-19-38(42)44;1-14(2)16-7-9-18-17(13-16)8-10-19-20(4,15(3)22)11-6-12-21(18,19)5/h28-38H,10-27H2,1-9H3;14,16-19H,6-13H2,1-5H3. The van der Waals surface area contributed by atoms with Crippen LogP contribution in [0.5, 0.6) is 0 Å². The number of esters is 2. The van der Waals surface area contributed by atoms with Crippen molar-refractivity contribution in [3.8, 4) is 0 Å². The van der Waals surface area contributed by atoms with Crippen LogP contribution < -0.4 is 0 Å². The molecule has 9 aliphatic carbocycles. The number of carbonyl (C=O) groups is 3. The summed E-state index contributed by atoms with van der Waals surface area (Å²) in [5.41, 5.74) is 0.0764. The van der Waals surface area contributed by atoms with E-state index >= 15 is 0 Å². The highest BCUT2D eigenvalue weighted by atomic mass is 16.5. The van der Waals surface area contributed by atoms with E-state index in [4.69, 9.17) is 9.47 Å². The number of rotatable bonds is 10. The highest BCUT2D eigenvalue weighted by Crippen LogP contribution is 2.68. The lowest BCUT2D eigenvalue weighted by atomic mass is 9.43. The number of hydrogen-bond donors (Lipinski definition) is 0. The first-order valence-electron chi connectivity index (χ1n) is 30.8. The van der Waals surface area contributed by atoms with E-state index in [1.807, 2.05) is 6.92 Å². The highest BCUT2D eigenvalue weighted by Gasteiger charge is 2.62. The Balaban J connectivity index is 0.000000249. The van der Waals surface area contributed by atoms with Crippen LogP contribution >= 0.6 is 0 Å². The van der Waals surface area contributed by atoms with Crippen LogP contribution in [0, 0.1) is 127 Å². The summed E-state index contributed by atoms with van der Waals surface area (Å²) in [6.07, 6.45) is 30.5. The van der Waals surface area contributed by atoms with Crippen molar-refractivity contribution in [2.45, 2.75) is 251 Å². The number of carbonyl (C=O) groups excluding carboxylic acids is 3. The second-order valence-electron chi connectivity index (χ2n) is 30.1. The molecule has 0 radical (unpaired) electrons. The third-order valence-electron chi connectivity index (χ3n) is 25.6. The highest BCUT2D eigenvalue weighted by molar-refractivity contribution is 5.82. The molecule has 0 aliphatic heterocycles. The summed E-state index contributed by atoms with van der Waals surface area (Å²) in [7, 11) is 0. The first-order valence-corrected chi connectivity index (χ1v) is 30.8. The summed E-state index contributed by atoms with van der Waals surface area (Å²) in [5, 5.41) is 0. The Morgan fingerprint density at radius 1 is 0.414 bits per heavy atom. The average Bonchev–Trinajstić information content (AvgIpc) is 3.31. The van der Waals surface area contributed by atoms with E-state index in [-0.39, 0.29) is 34.1 Å². The lowest BCUT2D eigenvalue weighted by Gasteiger charge is -2.61. The molecule has 9 saturated carbocycles. The second kappa shape index (κ2) is 21.0. The van der Waals surface area contributed by atoms with Crippen molar-refractivity contribution in [1.29, 1.82) is 0 Å². The Morgan fingerprint density at radius 2 is 0.714 bits per heavy atom. The maximum Gasteiger partial charge on any atom is 0.312 e. The third kappa shape index (κ3) is 9.85. The molecular weight excluding hydrogens is 861 g/mol. The fourth-order valence-electron chi connectivity index (χ4n) is 21.2. The van der Waals surface area contributed by atoms with Crippen LogP contribution in [0.2, 0.25) is 0 Å². The number of Topliss-reactive ketones (excluding diaryl/α,β-unsaturated/α-hetero) is 1. The Hall–Kier alpha value is -1.39. The topological polar surface area (TPSA) is 69.7 Å². The van der Waals surface area contributed by atoms with Crippen LogP contribution in [0.3, 0.4) is 0 Å². The molecule has 0 bridgehead atoms. The molecule has 0 amide bonds. The third-order valence-corrected chi connectivity index (χ3v) is 25.6.